The molecule has 0 spiro atoms. The third-order valence-corrected chi connectivity index (χ3v) is 5.40. The number of hydrogen-bond donors (Lipinski definition) is 0. The zero-order chi connectivity index (χ0) is 11.2. The van der Waals surface area contributed by atoms with Crippen LogP contribution >= 0.6 is 20.7 Å². The normalized spacial score (nSPS) is 18.2. The fraction of sp³-hybridized carbons (Fsp3) is 0.0625. The Bertz CT molecular complexity index is 696. The van der Waals surface area contributed by atoms with Crippen LogP contribution in [-0.4, -0.2) is 4.01 Å². The molecule has 0 saturated carbocycles. The monoisotopic (exact) mass is 330 g/mol. The summed E-state index contributed by atoms with van der Waals surface area (Å²) in [6.45, 7) is 0. The maximum absolute atomic E-state index is 2.51. The summed E-state index contributed by atoms with van der Waals surface area (Å²) in [6, 6.07) is 19.9. The van der Waals surface area contributed by atoms with Gasteiger partial charge in [-0.1, -0.05) is 48.5 Å². The van der Waals surface area contributed by atoms with E-state index in [4.69, 9.17) is 0 Å². The van der Waals surface area contributed by atoms with Crippen LogP contribution < -0.4 is 0 Å². The highest BCUT2D eigenvalue weighted by atomic mass is 127. The van der Waals surface area contributed by atoms with E-state index >= 15 is 0 Å². The van der Waals surface area contributed by atoms with Crippen LogP contribution in [0.4, 0.5) is 0 Å². The van der Waals surface area contributed by atoms with Gasteiger partial charge in [-0.2, -0.15) is 0 Å². The van der Waals surface area contributed by atoms with Crippen LogP contribution in [0, 0.1) is 0 Å². The third-order valence-electron chi connectivity index (χ3n) is 3.34. The zero-order valence-corrected chi connectivity index (χ0v) is 11.4. The standard InChI is InChI=1S/C16H11I/c1-3-7-13-11(5-1)9-12-6-2-4-8-14(12)16(13)15-10-17-15/h1-10,15H. The van der Waals surface area contributed by atoms with Crippen LogP contribution in [0.25, 0.3) is 21.5 Å². The average Bonchev–Trinajstić information content (AvgIpc) is 3.20. The number of hydrogen-bond acceptors (Lipinski definition) is 0. The lowest BCUT2D eigenvalue weighted by atomic mass is 9.95. The Kier molecular flexibility index (Phi) is 2.09. The second-order valence-electron chi connectivity index (χ2n) is 4.39. The van der Waals surface area contributed by atoms with Gasteiger partial charge in [0.15, 0.2) is 0 Å². The summed E-state index contributed by atoms with van der Waals surface area (Å²) in [5.74, 6) is 0. The minimum absolute atomic E-state index is 0.321. The quantitative estimate of drug-likeness (QED) is 0.341. The van der Waals surface area contributed by atoms with Crippen LogP contribution in [0.15, 0.2) is 54.6 Å². The molecular formula is C16H11I. The van der Waals surface area contributed by atoms with Gasteiger partial charge in [0.1, 0.15) is 0 Å². The summed E-state index contributed by atoms with van der Waals surface area (Å²) in [5.41, 5.74) is 1.58. The van der Waals surface area contributed by atoms with Gasteiger partial charge < -0.3 is 0 Å². The molecule has 1 atom stereocenters. The molecule has 0 nitrogen and oxygen atoms in total. The van der Waals surface area contributed by atoms with E-state index in [1.807, 2.05) is 0 Å². The van der Waals surface area contributed by atoms with Gasteiger partial charge in [-0.05, 0) is 37.2 Å². The van der Waals surface area contributed by atoms with Crippen molar-refractivity contribution in [2.24, 2.45) is 0 Å². The molecule has 3 aromatic carbocycles. The van der Waals surface area contributed by atoms with E-state index in [0.717, 1.165) is 3.92 Å². The van der Waals surface area contributed by atoms with Gasteiger partial charge in [-0.15, -0.1) is 20.7 Å². The third kappa shape index (κ3) is 1.53. The highest BCUT2D eigenvalue weighted by Crippen LogP contribution is 2.46. The van der Waals surface area contributed by atoms with Gasteiger partial charge in [0.2, 0.25) is 0 Å². The highest BCUT2D eigenvalue weighted by molar-refractivity contribution is 14.2. The second kappa shape index (κ2) is 3.64. The molecule has 1 aliphatic heterocycles. The van der Waals surface area contributed by atoms with Crippen LogP contribution in [0.2, 0.25) is 0 Å². The molecule has 1 unspecified atom stereocenters. The molecule has 0 fully saturated rings. The van der Waals surface area contributed by atoms with E-state index in [-0.39, 0.29) is 0 Å². The van der Waals surface area contributed by atoms with Gasteiger partial charge >= 0.3 is 0 Å². The van der Waals surface area contributed by atoms with Gasteiger partial charge in [0, 0.05) is 0 Å². The molecule has 1 heteroatoms. The minimum Gasteiger partial charge on any atom is -0.113 e. The highest BCUT2D eigenvalue weighted by Gasteiger charge is 2.20. The van der Waals surface area contributed by atoms with E-state index in [9.17, 15) is 0 Å². The van der Waals surface area contributed by atoms with Gasteiger partial charge in [-0.25, -0.2) is 0 Å². The van der Waals surface area contributed by atoms with Crippen molar-refractivity contribution in [3.05, 3.63) is 60.2 Å². The lowest BCUT2D eigenvalue weighted by Gasteiger charge is -2.10. The average molecular weight is 330 g/mol. The first-order valence-corrected chi connectivity index (χ1v) is 8.28. The Morgan fingerprint density at radius 2 is 1.29 bits per heavy atom. The Morgan fingerprint density at radius 3 is 1.82 bits per heavy atom. The van der Waals surface area contributed by atoms with Crippen LogP contribution in [-0.2, 0) is 0 Å². The van der Waals surface area contributed by atoms with E-state index in [0.29, 0.717) is 20.7 Å². The van der Waals surface area contributed by atoms with E-state index < -0.39 is 0 Å². The molecule has 0 aliphatic carbocycles. The van der Waals surface area contributed by atoms with Crippen LogP contribution in [0.1, 0.15) is 9.49 Å². The summed E-state index contributed by atoms with van der Waals surface area (Å²) < 4.78 is 3.29. The van der Waals surface area contributed by atoms with Crippen molar-refractivity contribution in [1.29, 1.82) is 0 Å². The summed E-state index contributed by atoms with van der Waals surface area (Å²) in [7, 11) is 0. The number of alkyl halides is 1. The molecule has 0 N–H and O–H groups in total. The number of benzene rings is 3. The number of fused-ring (bicyclic) bond motifs is 2. The Morgan fingerprint density at radius 1 is 0.765 bits per heavy atom. The van der Waals surface area contributed by atoms with E-state index in [2.05, 4.69) is 58.6 Å². The molecule has 3 aromatic rings. The molecule has 0 aromatic heterocycles. The molecule has 1 aliphatic rings. The zero-order valence-electron chi connectivity index (χ0n) is 9.23. The maximum atomic E-state index is 2.51. The Hall–Kier alpha value is -1.22. The first kappa shape index (κ1) is 9.77. The predicted octanol–water partition coefficient (Wildman–Crippen LogP) is 4.82. The van der Waals surface area contributed by atoms with Crippen molar-refractivity contribution in [2.45, 2.75) is 3.92 Å². The lowest BCUT2D eigenvalue weighted by molar-refractivity contribution is 1.49. The van der Waals surface area contributed by atoms with Gasteiger partial charge in [0.25, 0.3) is 0 Å². The second-order valence-corrected chi connectivity index (χ2v) is 7.17. The SMILES string of the molecule is C1=IC1c1c2ccccc2cc2ccccc12. The fourth-order valence-electron chi connectivity index (χ4n) is 2.51. The van der Waals surface area contributed by atoms with Crippen molar-refractivity contribution in [1.82, 2.24) is 0 Å². The van der Waals surface area contributed by atoms with Gasteiger partial charge in [-0.3, -0.25) is 0 Å². The van der Waals surface area contributed by atoms with Crippen molar-refractivity contribution in [3.8, 4) is 0 Å². The summed E-state index contributed by atoms with van der Waals surface area (Å²) >= 11 is 0.321. The largest absolute Gasteiger partial charge is 0.113 e. The molecule has 82 valence electrons. The smallest absolute Gasteiger partial charge is 0.0554 e. The van der Waals surface area contributed by atoms with Crippen molar-refractivity contribution < 1.29 is 0 Å². The summed E-state index contributed by atoms with van der Waals surface area (Å²) in [4.78, 5) is 0. The molecule has 0 amide bonds. The number of rotatable bonds is 1. The molecule has 0 saturated heterocycles. The van der Waals surface area contributed by atoms with E-state index in [1.165, 1.54) is 21.5 Å². The van der Waals surface area contributed by atoms with Crippen LogP contribution in [0.5, 0.6) is 0 Å². The van der Waals surface area contributed by atoms with Crippen LogP contribution in [0.3, 0.4) is 0 Å². The van der Waals surface area contributed by atoms with Gasteiger partial charge in [0.05, 0.1) is 3.92 Å². The molecule has 0 bridgehead atoms. The summed E-state index contributed by atoms with van der Waals surface area (Å²) in [6.07, 6.45) is 0. The Labute approximate surface area is 110 Å². The summed E-state index contributed by atoms with van der Waals surface area (Å²) in [5, 5.41) is 5.66. The molecule has 0 radical (unpaired) electrons. The predicted molar refractivity (Wildman–Crippen MR) is 84.3 cm³/mol. The number of halogens is 1. The first-order valence-electron chi connectivity index (χ1n) is 5.79. The van der Waals surface area contributed by atoms with Crippen molar-refractivity contribution >= 4 is 46.3 Å². The van der Waals surface area contributed by atoms with Crippen molar-refractivity contribution in [2.75, 3.05) is 0 Å². The lowest BCUT2D eigenvalue weighted by Crippen LogP contribution is -1.88. The van der Waals surface area contributed by atoms with E-state index in [1.54, 1.807) is 5.56 Å². The van der Waals surface area contributed by atoms with Crippen molar-refractivity contribution in [3.63, 3.8) is 0 Å². The maximum Gasteiger partial charge on any atom is 0.0554 e. The molecule has 1 heterocycles. The minimum atomic E-state index is 0.321. The fourth-order valence-corrected chi connectivity index (χ4v) is 4.11. The topological polar surface area (TPSA) is 0 Å². The molecule has 4 rings (SSSR count). The first-order chi connectivity index (χ1) is 8.43. The Balaban J connectivity index is 2.24. The molecular weight excluding hydrogens is 319 g/mol. The molecule has 17 heavy (non-hydrogen) atoms.